The van der Waals surface area contributed by atoms with Gasteiger partial charge in [0.15, 0.2) is 5.16 Å². The molecule has 1 N–H and O–H groups in total. The van der Waals surface area contributed by atoms with Crippen molar-refractivity contribution in [2.45, 2.75) is 51.2 Å². The van der Waals surface area contributed by atoms with Crippen LogP contribution in [0.3, 0.4) is 0 Å². The summed E-state index contributed by atoms with van der Waals surface area (Å²) in [5.41, 5.74) is 2.85. The number of aryl methyl sites for hydroxylation is 1. The highest BCUT2D eigenvalue weighted by atomic mass is 32.2. The second-order valence-electron chi connectivity index (χ2n) is 7.68. The SMILES string of the molecule is Cc1ccc(CNC(=O)[C@H](C)Sc2nc3ccccc3c(=O)n2CC(C)C)cc1. The zero-order valence-electron chi connectivity index (χ0n) is 17.3. The number of amides is 1. The number of thioether (sulfide) groups is 1. The van der Waals surface area contributed by atoms with E-state index in [4.69, 9.17) is 0 Å². The van der Waals surface area contributed by atoms with Gasteiger partial charge in [0.25, 0.3) is 5.56 Å². The molecule has 0 aliphatic heterocycles. The highest BCUT2D eigenvalue weighted by molar-refractivity contribution is 8.00. The minimum absolute atomic E-state index is 0.0564. The summed E-state index contributed by atoms with van der Waals surface area (Å²) in [6, 6.07) is 15.4. The lowest BCUT2D eigenvalue weighted by Crippen LogP contribution is -2.32. The molecule has 1 atom stereocenters. The van der Waals surface area contributed by atoms with Crippen LogP contribution in [0.5, 0.6) is 0 Å². The van der Waals surface area contributed by atoms with E-state index in [0.717, 1.165) is 5.56 Å². The third-order valence-corrected chi connectivity index (χ3v) is 5.70. The normalized spacial score (nSPS) is 12.3. The summed E-state index contributed by atoms with van der Waals surface area (Å²) >= 11 is 1.33. The Morgan fingerprint density at radius 2 is 1.79 bits per heavy atom. The van der Waals surface area contributed by atoms with Crippen molar-refractivity contribution in [3.8, 4) is 0 Å². The third-order valence-electron chi connectivity index (χ3n) is 4.61. The average molecular weight is 410 g/mol. The lowest BCUT2D eigenvalue weighted by molar-refractivity contribution is -0.120. The molecule has 1 heterocycles. The number of rotatable bonds is 7. The van der Waals surface area contributed by atoms with Gasteiger partial charge in [0.2, 0.25) is 5.91 Å². The Morgan fingerprint density at radius 1 is 1.10 bits per heavy atom. The van der Waals surface area contributed by atoms with Crippen molar-refractivity contribution in [1.82, 2.24) is 14.9 Å². The summed E-state index contributed by atoms with van der Waals surface area (Å²) in [5.74, 6) is 0.217. The molecule has 1 amide bonds. The van der Waals surface area contributed by atoms with Crippen LogP contribution in [0, 0.1) is 12.8 Å². The first-order valence-electron chi connectivity index (χ1n) is 9.84. The van der Waals surface area contributed by atoms with Gasteiger partial charge in [0, 0.05) is 13.1 Å². The number of hydrogen-bond donors (Lipinski definition) is 1. The fourth-order valence-electron chi connectivity index (χ4n) is 3.01. The van der Waals surface area contributed by atoms with Gasteiger partial charge in [-0.3, -0.25) is 14.2 Å². The molecule has 0 fully saturated rings. The summed E-state index contributed by atoms with van der Waals surface area (Å²) in [6.07, 6.45) is 0. The Labute approximate surface area is 175 Å². The Balaban J connectivity index is 1.79. The second kappa shape index (κ2) is 9.27. The van der Waals surface area contributed by atoms with E-state index in [2.05, 4.69) is 24.1 Å². The van der Waals surface area contributed by atoms with E-state index in [-0.39, 0.29) is 16.7 Å². The van der Waals surface area contributed by atoms with Crippen LogP contribution in [0.15, 0.2) is 58.5 Å². The van der Waals surface area contributed by atoms with Crippen molar-refractivity contribution in [2.75, 3.05) is 0 Å². The van der Waals surface area contributed by atoms with Gasteiger partial charge in [-0.25, -0.2) is 4.98 Å². The predicted molar refractivity (Wildman–Crippen MR) is 119 cm³/mol. The molecule has 0 spiro atoms. The van der Waals surface area contributed by atoms with Gasteiger partial charge >= 0.3 is 0 Å². The van der Waals surface area contributed by atoms with Crippen LogP contribution >= 0.6 is 11.8 Å². The number of hydrogen-bond acceptors (Lipinski definition) is 4. The van der Waals surface area contributed by atoms with E-state index < -0.39 is 0 Å². The molecule has 152 valence electrons. The van der Waals surface area contributed by atoms with Gasteiger partial charge in [-0.2, -0.15) is 0 Å². The zero-order valence-corrected chi connectivity index (χ0v) is 18.1. The number of carbonyl (C=O) groups is 1. The standard InChI is InChI=1S/C23H27N3O2S/c1-15(2)14-26-22(28)19-7-5-6-8-20(19)25-23(26)29-17(4)21(27)24-13-18-11-9-16(3)10-12-18/h5-12,15,17H,13-14H2,1-4H3,(H,24,27)/t17-/m0/s1. The number of benzene rings is 2. The van der Waals surface area contributed by atoms with Crippen molar-refractivity contribution in [1.29, 1.82) is 0 Å². The Morgan fingerprint density at radius 3 is 2.48 bits per heavy atom. The molecule has 0 saturated carbocycles. The smallest absolute Gasteiger partial charge is 0.262 e. The summed E-state index contributed by atoms with van der Waals surface area (Å²) in [5, 5.41) is 3.80. The van der Waals surface area contributed by atoms with Crippen LogP contribution in [0.4, 0.5) is 0 Å². The molecule has 0 unspecified atom stereocenters. The molecule has 0 aliphatic rings. The Bertz CT molecular complexity index is 1060. The molecule has 0 radical (unpaired) electrons. The van der Waals surface area contributed by atoms with Gasteiger partial charge in [-0.05, 0) is 37.5 Å². The molecule has 2 aromatic carbocycles. The highest BCUT2D eigenvalue weighted by Gasteiger charge is 2.19. The van der Waals surface area contributed by atoms with Crippen molar-refractivity contribution in [2.24, 2.45) is 5.92 Å². The maximum absolute atomic E-state index is 13.0. The number of carbonyl (C=O) groups excluding carboxylic acids is 1. The number of fused-ring (bicyclic) bond motifs is 1. The average Bonchev–Trinajstić information content (AvgIpc) is 2.70. The molecule has 0 aliphatic carbocycles. The third kappa shape index (κ3) is 5.26. The molecule has 3 rings (SSSR count). The topological polar surface area (TPSA) is 64.0 Å². The maximum atomic E-state index is 13.0. The molecule has 0 saturated heterocycles. The first-order valence-corrected chi connectivity index (χ1v) is 10.7. The zero-order chi connectivity index (χ0) is 21.0. The fraction of sp³-hybridized carbons (Fsp3) is 0.348. The molecular weight excluding hydrogens is 382 g/mol. The van der Waals surface area contributed by atoms with Gasteiger partial charge < -0.3 is 5.32 Å². The summed E-state index contributed by atoms with van der Waals surface area (Å²) in [4.78, 5) is 30.3. The van der Waals surface area contributed by atoms with Crippen LogP contribution in [-0.2, 0) is 17.9 Å². The number of nitrogens with zero attached hydrogens (tertiary/aromatic N) is 2. The second-order valence-corrected chi connectivity index (χ2v) is 8.99. The Kier molecular flexibility index (Phi) is 6.75. The lowest BCUT2D eigenvalue weighted by atomic mass is 10.1. The van der Waals surface area contributed by atoms with Crippen molar-refractivity contribution >= 4 is 28.6 Å². The van der Waals surface area contributed by atoms with E-state index in [1.54, 1.807) is 10.6 Å². The van der Waals surface area contributed by atoms with E-state index in [1.165, 1.54) is 17.3 Å². The van der Waals surface area contributed by atoms with Crippen LogP contribution in [0.25, 0.3) is 10.9 Å². The van der Waals surface area contributed by atoms with Gasteiger partial charge in [0.05, 0.1) is 16.2 Å². The van der Waals surface area contributed by atoms with E-state index in [1.807, 2.05) is 56.3 Å². The first-order chi connectivity index (χ1) is 13.8. The van der Waals surface area contributed by atoms with Crippen LogP contribution in [0.1, 0.15) is 31.9 Å². The van der Waals surface area contributed by atoms with Crippen LogP contribution in [-0.4, -0.2) is 20.7 Å². The van der Waals surface area contributed by atoms with Crippen molar-refractivity contribution in [3.05, 3.63) is 70.0 Å². The van der Waals surface area contributed by atoms with E-state index in [9.17, 15) is 9.59 Å². The van der Waals surface area contributed by atoms with Gasteiger partial charge in [-0.15, -0.1) is 0 Å². The van der Waals surface area contributed by atoms with Crippen LogP contribution in [0.2, 0.25) is 0 Å². The van der Waals surface area contributed by atoms with E-state index >= 15 is 0 Å². The first kappa shape index (κ1) is 21.1. The summed E-state index contributed by atoms with van der Waals surface area (Å²) in [6.45, 7) is 9.05. The minimum Gasteiger partial charge on any atom is -0.351 e. The maximum Gasteiger partial charge on any atom is 0.262 e. The predicted octanol–water partition coefficient (Wildman–Crippen LogP) is 4.16. The van der Waals surface area contributed by atoms with Crippen molar-refractivity contribution in [3.63, 3.8) is 0 Å². The Hall–Kier alpha value is -2.60. The molecule has 29 heavy (non-hydrogen) atoms. The molecule has 5 nitrogen and oxygen atoms in total. The highest BCUT2D eigenvalue weighted by Crippen LogP contribution is 2.23. The lowest BCUT2D eigenvalue weighted by Gasteiger charge is -2.17. The van der Waals surface area contributed by atoms with Gasteiger partial charge in [-0.1, -0.05) is 67.6 Å². The largest absolute Gasteiger partial charge is 0.351 e. The molecule has 1 aromatic heterocycles. The van der Waals surface area contributed by atoms with Gasteiger partial charge in [0.1, 0.15) is 0 Å². The number of aromatic nitrogens is 2. The molecular formula is C23H27N3O2S. The number of nitrogens with one attached hydrogen (secondary N) is 1. The molecule has 3 aromatic rings. The minimum atomic E-state index is -0.369. The molecule has 6 heteroatoms. The summed E-state index contributed by atoms with van der Waals surface area (Å²) < 4.78 is 1.70. The van der Waals surface area contributed by atoms with E-state index in [0.29, 0.717) is 35.1 Å². The number of para-hydroxylation sites is 1. The van der Waals surface area contributed by atoms with Crippen molar-refractivity contribution < 1.29 is 4.79 Å². The summed E-state index contributed by atoms with van der Waals surface area (Å²) in [7, 11) is 0. The fourth-order valence-corrected chi connectivity index (χ4v) is 3.96. The quantitative estimate of drug-likeness (QED) is 0.470. The monoisotopic (exact) mass is 409 g/mol. The molecule has 0 bridgehead atoms. The van der Waals surface area contributed by atoms with Crippen LogP contribution < -0.4 is 10.9 Å².